The van der Waals surface area contributed by atoms with Gasteiger partial charge in [0.2, 0.25) is 0 Å². The van der Waals surface area contributed by atoms with Crippen LogP contribution in [0.15, 0.2) is 30.3 Å². The molecular formula is C14H20O3. The molecule has 1 atom stereocenters. The highest BCUT2D eigenvalue weighted by Gasteiger charge is 2.25. The average Bonchev–Trinajstić information content (AvgIpc) is 2.24. The van der Waals surface area contributed by atoms with Gasteiger partial charge in [0, 0.05) is 6.61 Å². The Kier molecular flexibility index (Phi) is 4.70. The van der Waals surface area contributed by atoms with Crippen molar-refractivity contribution in [3.8, 4) is 0 Å². The fourth-order valence-corrected chi connectivity index (χ4v) is 1.61. The van der Waals surface area contributed by atoms with Gasteiger partial charge in [-0.25, -0.2) is 0 Å². The number of carbonyl (C=O) groups excluding carboxylic acids is 1. The van der Waals surface area contributed by atoms with Gasteiger partial charge in [-0.3, -0.25) is 4.79 Å². The number of ether oxygens (including phenoxy) is 1. The normalized spacial score (nSPS) is 13.2. The number of aliphatic hydroxyl groups is 1. The van der Waals surface area contributed by atoms with Crippen molar-refractivity contribution < 1.29 is 14.6 Å². The van der Waals surface area contributed by atoms with Gasteiger partial charge in [-0.05, 0) is 32.8 Å². The fourth-order valence-electron chi connectivity index (χ4n) is 1.61. The van der Waals surface area contributed by atoms with Crippen LogP contribution in [0.25, 0.3) is 0 Å². The first-order valence-electron chi connectivity index (χ1n) is 5.82. The quantitative estimate of drug-likeness (QED) is 0.817. The van der Waals surface area contributed by atoms with Crippen LogP contribution in [0.4, 0.5) is 0 Å². The van der Waals surface area contributed by atoms with Crippen LogP contribution in [0.3, 0.4) is 0 Å². The van der Waals surface area contributed by atoms with Gasteiger partial charge in [0.1, 0.15) is 5.60 Å². The van der Waals surface area contributed by atoms with Gasteiger partial charge >= 0.3 is 5.97 Å². The molecule has 94 valence electrons. The zero-order valence-corrected chi connectivity index (χ0v) is 10.6. The summed E-state index contributed by atoms with van der Waals surface area (Å²) in [5.41, 5.74) is 0.385. The molecule has 17 heavy (non-hydrogen) atoms. The van der Waals surface area contributed by atoms with Crippen molar-refractivity contribution in [1.82, 2.24) is 0 Å². The van der Waals surface area contributed by atoms with E-state index in [1.54, 1.807) is 0 Å². The van der Waals surface area contributed by atoms with E-state index >= 15 is 0 Å². The molecule has 0 fully saturated rings. The van der Waals surface area contributed by atoms with Crippen molar-refractivity contribution >= 4 is 5.97 Å². The lowest BCUT2D eigenvalue weighted by Gasteiger charge is -2.23. The van der Waals surface area contributed by atoms with Crippen molar-refractivity contribution in [2.45, 2.75) is 38.7 Å². The Morgan fingerprint density at radius 3 is 2.35 bits per heavy atom. The molecule has 1 aromatic rings. The predicted octanol–water partition coefficient (Wildman–Crippen LogP) is 2.49. The smallest absolute Gasteiger partial charge is 0.314 e. The van der Waals surface area contributed by atoms with Gasteiger partial charge in [0.15, 0.2) is 0 Å². The van der Waals surface area contributed by atoms with Crippen molar-refractivity contribution in [2.75, 3.05) is 6.61 Å². The van der Waals surface area contributed by atoms with E-state index in [0.717, 1.165) is 5.56 Å². The molecule has 0 saturated carbocycles. The van der Waals surface area contributed by atoms with Crippen molar-refractivity contribution in [2.24, 2.45) is 0 Å². The van der Waals surface area contributed by atoms with Gasteiger partial charge in [-0.1, -0.05) is 30.3 Å². The summed E-state index contributed by atoms with van der Waals surface area (Å²) in [5, 5.41) is 9.04. The van der Waals surface area contributed by atoms with Crippen LogP contribution >= 0.6 is 0 Å². The standard InChI is InChI=1S/C14H20O3/c1-14(2,3)17-13(16)12(9-10-15)11-7-5-4-6-8-11/h4-8,12,15H,9-10H2,1-3H3. The second-order valence-corrected chi connectivity index (χ2v) is 5.01. The first-order chi connectivity index (χ1) is 7.94. The summed E-state index contributed by atoms with van der Waals surface area (Å²) < 4.78 is 5.36. The summed E-state index contributed by atoms with van der Waals surface area (Å²) in [6, 6.07) is 9.41. The summed E-state index contributed by atoms with van der Waals surface area (Å²) in [6.07, 6.45) is 0.388. The maximum atomic E-state index is 12.0. The molecule has 1 unspecified atom stereocenters. The van der Waals surface area contributed by atoms with Gasteiger partial charge in [0.05, 0.1) is 5.92 Å². The first-order valence-corrected chi connectivity index (χ1v) is 5.82. The van der Waals surface area contributed by atoms with Crippen LogP contribution in [0.1, 0.15) is 38.7 Å². The lowest BCUT2D eigenvalue weighted by molar-refractivity contribution is -0.157. The Morgan fingerprint density at radius 2 is 1.88 bits per heavy atom. The molecule has 3 heteroatoms. The van der Waals surface area contributed by atoms with Crippen molar-refractivity contribution in [3.63, 3.8) is 0 Å². The molecule has 0 aliphatic heterocycles. The largest absolute Gasteiger partial charge is 0.459 e. The maximum absolute atomic E-state index is 12.0. The number of benzene rings is 1. The van der Waals surface area contributed by atoms with Crippen LogP contribution in [-0.2, 0) is 9.53 Å². The Morgan fingerprint density at radius 1 is 1.29 bits per heavy atom. The van der Waals surface area contributed by atoms with Gasteiger partial charge in [-0.15, -0.1) is 0 Å². The van der Waals surface area contributed by atoms with Crippen molar-refractivity contribution in [1.29, 1.82) is 0 Å². The Balaban J connectivity index is 2.83. The van der Waals surface area contributed by atoms with Crippen LogP contribution in [0, 0.1) is 0 Å². The molecule has 1 rings (SSSR count). The highest BCUT2D eigenvalue weighted by atomic mass is 16.6. The Bertz CT molecular complexity index is 351. The molecule has 1 N–H and O–H groups in total. The molecule has 0 aromatic heterocycles. The van der Waals surface area contributed by atoms with Gasteiger partial charge in [-0.2, -0.15) is 0 Å². The van der Waals surface area contributed by atoms with Crippen LogP contribution in [0.5, 0.6) is 0 Å². The third-order valence-electron chi connectivity index (χ3n) is 2.31. The topological polar surface area (TPSA) is 46.5 Å². The van der Waals surface area contributed by atoms with E-state index in [-0.39, 0.29) is 18.5 Å². The zero-order valence-electron chi connectivity index (χ0n) is 10.6. The third kappa shape index (κ3) is 4.57. The third-order valence-corrected chi connectivity index (χ3v) is 2.31. The minimum atomic E-state index is -0.500. The Hall–Kier alpha value is -1.35. The second kappa shape index (κ2) is 5.82. The number of aliphatic hydroxyl groups excluding tert-OH is 1. The maximum Gasteiger partial charge on any atom is 0.314 e. The molecule has 0 aliphatic rings. The molecule has 0 bridgehead atoms. The lowest BCUT2D eigenvalue weighted by atomic mass is 9.96. The van der Waals surface area contributed by atoms with E-state index in [1.165, 1.54) is 0 Å². The number of hydrogen-bond acceptors (Lipinski definition) is 3. The SMILES string of the molecule is CC(C)(C)OC(=O)C(CCO)c1ccccc1. The monoisotopic (exact) mass is 236 g/mol. The van der Waals surface area contributed by atoms with E-state index in [1.807, 2.05) is 51.1 Å². The molecule has 0 amide bonds. The summed E-state index contributed by atoms with van der Waals surface area (Å²) in [4.78, 5) is 12.0. The van der Waals surface area contributed by atoms with Crippen LogP contribution < -0.4 is 0 Å². The summed E-state index contributed by atoms with van der Waals surface area (Å²) >= 11 is 0. The molecule has 1 aromatic carbocycles. The minimum absolute atomic E-state index is 0.0290. The van der Waals surface area contributed by atoms with Crippen molar-refractivity contribution in [3.05, 3.63) is 35.9 Å². The molecular weight excluding hydrogens is 216 g/mol. The average molecular weight is 236 g/mol. The Labute approximate surface area is 102 Å². The number of rotatable bonds is 4. The van der Waals surface area contributed by atoms with Crippen LogP contribution in [-0.4, -0.2) is 23.3 Å². The summed E-state index contributed by atoms with van der Waals surface area (Å²) in [6.45, 7) is 5.49. The highest BCUT2D eigenvalue weighted by molar-refractivity contribution is 5.78. The first kappa shape index (κ1) is 13.7. The van der Waals surface area contributed by atoms with Gasteiger partial charge < -0.3 is 9.84 Å². The number of esters is 1. The number of hydrogen-bond donors (Lipinski definition) is 1. The predicted molar refractivity (Wildman–Crippen MR) is 66.7 cm³/mol. The highest BCUT2D eigenvalue weighted by Crippen LogP contribution is 2.23. The molecule has 0 spiro atoms. The fraction of sp³-hybridized carbons (Fsp3) is 0.500. The number of carbonyl (C=O) groups is 1. The second-order valence-electron chi connectivity index (χ2n) is 5.01. The van der Waals surface area contributed by atoms with Gasteiger partial charge in [0.25, 0.3) is 0 Å². The molecule has 0 saturated heterocycles. The molecule has 0 radical (unpaired) electrons. The van der Waals surface area contributed by atoms with E-state index in [0.29, 0.717) is 6.42 Å². The molecule has 0 heterocycles. The van der Waals surface area contributed by atoms with E-state index < -0.39 is 5.60 Å². The summed E-state index contributed by atoms with van der Waals surface area (Å²) in [7, 11) is 0. The minimum Gasteiger partial charge on any atom is -0.459 e. The molecule has 0 aliphatic carbocycles. The summed E-state index contributed by atoms with van der Waals surface area (Å²) in [5.74, 6) is -0.668. The van der Waals surface area contributed by atoms with E-state index in [4.69, 9.17) is 9.84 Å². The lowest BCUT2D eigenvalue weighted by Crippen LogP contribution is -2.28. The van der Waals surface area contributed by atoms with E-state index in [2.05, 4.69) is 0 Å². The van der Waals surface area contributed by atoms with Crippen LogP contribution in [0.2, 0.25) is 0 Å². The molecule has 3 nitrogen and oxygen atoms in total. The van der Waals surface area contributed by atoms with E-state index in [9.17, 15) is 4.79 Å². The zero-order chi connectivity index (χ0) is 12.9.